The van der Waals surface area contributed by atoms with Gasteiger partial charge in [0.2, 0.25) is 11.8 Å². The van der Waals surface area contributed by atoms with E-state index in [4.69, 9.17) is 20.8 Å². The first-order valence-corrected chi connectivity index (χ1v) is 7.48. The first-order chi connectivity index (χ1) is 9.83. The largest absolute Gasteiger partial charge is 0.494 e. The molecule has 0 N–H and O–H groups in total. The number of ether oxygens (including phenoxy) is 1. The zero-order valence-electron chi connectivity index (χ0n) is 11.6. The Bertz CT molecular complexity index is 511. The number of halogens is 1. The molecule has 0 atom stereocenters. The SMILES string of the molecule is CCCCOc1ccc(-c2nnc(CCCCl)o2)cc1. The van der Waals surface area contributed by atoms with E-state index in [1.54, 1.807) is 0 Å². The topological polar surface area (TPSA) is 48.2 Å². The van der Waals surface area contributed by atoms with Crippen molar-refractivity contribution in [2.75, 3.05) is 12.5 Å². The maximum absolute atomic E-state index is 5.64. The molecule has 0 saturated heterocycles. The number of hydrogen-bond acceptors (Lipinski definition) is 4. The Morgan fingerprint density at radius 1 is 1.15 bits per heavy atom. The van der Waals surface area contributed by atoms with Crippen molar-refractivity contribution in [2.24, 2.45) is 0 Å². The van der Waals surface area contributed by atoms with Crippen molar-refractivity contribution >= 4 is 11.6 Å². The van der Waals surface area contributed by atoms with E-state index in [0.717, 1.165) is 37.2 Å². The van der Waals surface area contributed by atoms with Crippen molar-refractivity contribution in [3.05, 3.63) is 30.2 Å². The van der Waals surface area contributed by atoms with E-state index in [0.29, 0.717) is 24.1 Å². The molecule has 2 aromatic rings. The summed E-state index contributed by atoms with van der Waals surface area (Å²) in [5, 5.41) is 8.05. The highest BCUT2D eigenvalue weighted by Crippen LogP contribution is 2.21. The summed E-state index contributed by atoms with van der Waals surface area (Å²) in [6.07, 6.45) is 3.75. The first-order valence-electron chi connectivity index (χ1n) is 6.95. The molecule has 0 radical (unpaired) electrons. The van der Waals surface area contributed by atoms with Crippen molar-refractivity contribution < 1.29 is 9.15 Å². The lowest BCUT2D eigenvalue weighted by atomic mass is 10.2. The minimum Gasteiger partial charge on any atom is -0.494 e. The zero-order chi connectivity index (χ0) is 14.2. The van der Waals surface area contributed by atoms with Crippen molar-refractivity contribution in [3.63, 3.8) is 0 Å². The molecule has 0 aliphatic heterocycles. The smallest absolute Gasteiger partial charge is 0.247 e. The molecule has 1 aromatic carbocycles. The standard InChI is InChI=1S/C15H19ClN2O2/c1-2-3-11-19-13-8-6-12(7-9-13)15-18-17-14(20-15)5-4-10-16/h6-9H,2-5,10-11H2,1H3. The number of nitrogens with zero attached hydrogens (tertiary/aromatic N) is 2. The summed E-state index contributed by atoms with van der Waals surface area (Å²) in [5.41, 5.74) is 0.900. The van der Waals surface area contributed by atoms with E-state index in [-0.39, 0.29) is 0 Å². The summed E-state index contributed by atoms with van der Waals surface area (Å²) < 4.78 is 11.2. The van der Waals surface area contributed by atoms with Gasteiger partial charge in [0.1, 0.15) is 5.75 Å². The normalized spacial score (nSPS) is 10.7. The van der Waals surface area contributed by atoms with Crippen LogP contribution in [0, 0.1) is 0 Å². The fraction of sp³-hybridized carbons (Fsp3) is 0.467. The number of alkyl halides is 1. The summed E-state index contributed by atoms with van der Waals surface area (Å²) in [4.78, 5) is 0. The van der Waals surface area contributed by atoms with E-state index < -0.39 is 0 Å². The Morgan fingerprint density at radius 3 is 2.65 bits per heavy atom. The van der Waals surface area contributed by atoms with Crippen molar-refractivity contribution in [1.29, 1.82) is 0 Å². The van der Waals surface area contributed by atoms with Crippen LogP contribution in [0.3, 0.4) is 0 Å². The average molecular weight is 295 g/mol. The molecule has 5 heteroatoms. The fourth-order valence-corrected chi connectivity index (χ4v) is 1.85. The van der Waals surface area contributed by atoms with Crippen LogP contribution in [-0.2, 0) is 6.42 Å². The van der Waals surface area contributed by atoms with Gasteiger partial charge in [-0.05, 0) is 37.1 Å². The highest BCUT2D eigenvalue weighted by atomic mass is 35.5. The second-order valence-corrected chi connectivity index (χ2v) is 4.90. The van der Waals surface area contributed by atoms with Crippen molar-refractivity contribution in [1.82, 2.24) is 10.2 Å². The lowest BCUT2D eigenvalue weighted by molar-refractivity contribution is 0.309. The average Bonchev–Trinajstić information content (AvgIpc) is 2.95. The lowest BCUT2D eigenvalue weighted by Gasteiger charge is -2.05. The van der Waals surface area contributed by atoms with Crippen LogP contribution in [0.1, 0.15) is 32.1 Å². The van der Waals surface area contributed by atoms with Gasteiger partial charge < -0.3 is 9.15 Å². The first kappa shape index (κ1) is 14.9. The third-order valence-corrected chi connectivity index (χ3v) is 3.13. The third kappa shape index (κ3) is 4.23. The summed E-state index contributed by atoms with van der Waals surface area (Å²) in [6, 6.07) is 7.71. The number of aryl methyl sites for hydroxylation is 1. The molecule has 108 valence electrons. The predicted octanol–water partition coefficient (Wildman–Crippen LogP) is 4.09. The minimum atomic E-state index is 0.537. The Kier molecular flexibility index (Phi) is 5.87. The van der Waals surface area contributed by atoms with Gasteiger partial charge >= 0.3 is 0 Å². The minimum absolute atomic E-state index is 0.537. The van der Waals surface area contributed by atoms with E-state index in [1.165, 1.54) is 0 Å². The Morgan fingerprint density at radius 2 is 1.95 bits per heavy atom. The lowest BCUT2D eigenvalue weighted by Crippen LogP contribution is -1.95. The molecule has 0 bridgehead atoms. The maximum atomic E-state index is 5.64. The molecule has 4 nitrogen and oxygen atoms in total. The molecule has 0 aliphatic rings. The number of benzene rings is 1. The Balaban J connectivity index is 1.96. The molecular weight excluding hydrogens is 276 g/mol. The summed E-state index contributed by atoms with van der Waals surface area (Å²) in [6.45, 7) is 2.89. The maximum Gasteiger partial charge on any atom is 0.247 e. The molecule has 1 heterocycles. The van der Waals surface area contributed by atoms with Gasteiger partial charge in [-0.2, -0.15) is 0 Å². The van der Waals surface area contributed by atoms with Crippen LogP contribution in [0.2, 0.25) is 0 Å². The molecular formula is C15H19ClN2O2. The van der Waals surface area contributed by atoms with Crippen LogP contribution in [-0.4, -0.2) is 22.7 Å². The summed E-state index contributed by atoms with van der Waals surface area (Å²) in [5.74, 6) is 2.63. The highest BCUT2D eigenvalue weighted by molar-refractivity contribution is 6.17. The van der Waals surface area contributed by atoms with Gasteiger partial charge in [-0.1, -0.05) is 13.3 Å². The van der Waals surface area contributed by atoms with Crippen LogP contribution in [0.25, 0.3) is 11.5 Å². The molecule has 0 fully saturated rings. The molecule has 0 amide bonds. The van der Waals surface area contributed by atoms with Gasteiger partial charge in [-0.3, -0.25) is 0 Å². The number of unbranched alkanes of at least 4 members (excludes halogenated alkanes) is 1. The molecule has 0 saturated carbocycles. The van der Waals surface area contributed by atoms with Gasteiger partial charge in [0, 0.05) is 17.9 Å². The Labute approximate surface area is 124 Å². The van der Waals surface area contributed by atoms with E-state index in [9.17, 15) is 0 Å². The number of hydrogen-bond donors (Lipinski definition) is 0. The Hall–Kier alpha value is -1.55. The summed E-state index contributed by atoms with van der Waals surface area (Å²) in [7, 11) is 0. The van der Waals surface area contributed by atoms with Gasteiger partial charge in [-0.15, -0.1) is 21.8 Å². The molecule has 1 aromatic heterocycles. The van der Waals surface area contributed by atoms with Crippen molar-refractivity contribution in [3.8, 4) is 17.2 Å². The monoisotopic (exact) mass is 294 g/mol. The van der Waals surface area contributed by atoms with E-state index in [2.05, 4.69) is 17.1 Å². The van der Waals surface area contributed by atoms with Crippen molar-refractivity contribution in [2.45, 2.75) is 32.6 Å². The van der Waals surface area contributed by atoms with Crippen LogP contribution in [0.4, 0.5) is 0 Å². The second-order valence-electron chi connectivity index (χ2n) is 4.52. The third-order valence-electron chi connectivity index (χ3n) is 2.86. The number of rotatable bonds is 8. The van der Waals surface area contributed by atoms with Gasteiger partial charge in [0.15, 0.2) is 0 Å². The highest BCUT2D eigenvalue weighted by Gasteiger charge is 2.08. The van der Waals surface area contributed by atoms with Crippen LogP contribution >= 0.6 is 11.6 Å². The van der Waals surface area contributed by atoms with Gasteiger partial charge in [0.25, 0.3) is 0 Å². The van der Waals surface area contributed by atoms with Crippen LogP contribution in [0.5, 0.6) is 5.75 Å². The quantitative estimate of drug-likeness (QED) is 0.543. The molecule has 0 unspecified atom stereocenters. The predicted molar refractivity (Wildman–Crippen MR) is 79.2 cm³/mol. The van der Waals surface area contributed by atoms with E-state index in [1.807, 2.05) is 24.3 Å². The molecule has 2 rings (SSSR count). The van der Waals surface area contributed by atoms with Gasteiger partial charge in [-0.25, -0.2) is 0 Å². The zero-order valence-corrected chi connectivity index (χ0v) is 12.4. The molecule has 0 aliphatic carbocycles. The fourth-order valence-electron chi connectivity index (χ4n) is 1.72. The van der Waals surface area contributed by atoms with Gasteiger partial charge in [0.05, 0.1) is 6.61 Å². The summed E-state index contributed by atoms with van der Waals surface area (Å²) >= 11 is 5.64. The van der Waals surface area contributed by atoms with Crippen LogP contribution < -0.4 is 4.74 Å². The molecule has 0 spiro atoms. The molecule has 20 heavy (non-hydrogen) atoms. The van der Waals surface area contributed by atoms with Crippen LogP contribution in [0.15, 0.2) is 28.7 Å². The number of aromatic nitrogens is 2. The van der Waals surface area contributed by atoms with E-state index >= 15 is 0 Å². The second kappa shape index (κ2) is 7.90.